The largest absolute Gasteiger partial charge is 0.356 e. The van der Waals surface area contributed by atoms with Gasteiger partial charge >= 0.3 is 0 Å². The molecular weight excluding hydrogens is 362 g/mol. The van der Waals surface area contributed by atoms with E-state index in [1.54, 1.807) is 7.05 Å². The summed E-state index contributed by atoms with van der Waals surface area (Å²) in [6, 6.07) is 7.94. The Bertz CT molecular complexity index is 621. The molecule has 1 unspecified atom stereocenters. The van der Waals surface area contributed by atoms with E-state index in [0.717, 1.165) is 37.5 Å². The molecule has 0 saturated carbocycles. The van der Waals surface area contributed by atoms with Crippen LogP contribution in [0.3, 0.4) is 0 Å². The predicted molar refractivity (Wildman–Crippen MR) is 121 cm³/mol. The first-order chi connectivity index (χ1) is 14.1. The normalized spacial score (nSPS) is 16.7. The Labute approximate surface area is 176 Å². The molecule has 0 radical (unpaired) electrons. The summed E-state index contributed by atoms with van der Waals surface area (Å²) in [5, 5.41) is 9.74. The fraction of sp³-hybridized carbons (Fsp3) is 0.652. The molecule has 1 fully saturated rings. The van der Waals surface area contributed by atoms with Crippen molar-refractivity contribution in [2.45, 2.75) is 65.0 Å². The van der Waals surface area contributed by atoms with Gasteiger partial charge in [-0.15, -0.1) is 0 Å². The summed E-state index contributed by atoms with van der Waals surface area (Å²) < 4.78 is 0. The summed E-state index contributed by atoms with van der Waals surface area (Å²) in [5.41, 5.74) is 1.82. The summed E-state index contributed by atoms with van der Waals surface area (Å²) in [4.78, 5) is 19.1. The van der Waals surface area contributed by atoms with E-state index in [-0.39, 0.29) is 11.9 Å². The maximum absolute atomic E-state index is 12.2. The molecule has 6 heteroatoms. The van der Waals surface area contributed by atoms with Crippen LogP contribution in [0.25, 0.3) is 0 Å². The highest BCUT2D eigenvalue weighted by molar-refractivity contribution is 5.94. The zero-order chi connectivity index (χ0) is 20.9. The van der Waals surface area contributed by atoms with Crippen LogP contribution < -0.4 is 16.0 Å². The molecule has 1 aliphatic heterocycles. The van der Waals surface area contributed by atoms with Gasteiger partial charge in [0.15, 0.2) is 5.96 Å². The Kier molecular flexibility index (Phi) is 10.6. The summed E-state index contributed by atoms with van der Waals surface area (Å²) in [5.74, 6) is 0.806. The maximum atomic E-state index is 12.2. The minimum atomic E-state index is -0.0132. The van der Waals surface area contributed by atoms with Gasteiger partial charge in [-0.1, -0.05) is 31.9 Å². The highest BCUT2D eigenvalue weighted by atomic mass is 16.1. The van der Waals surface area contributed by atoms with Crippen LogP contribution in [0, 0.1) is 0 Å². The quantitative estimate of drug-likeness (QED) is 0.338. The number of benzene rings is 1. The second-order valence-electron chi connectivity index (χ2n) is 7.94. The Morgan fingerprint density at radius 2 is 1.79 bits per heavy atom. The molecule has 162 valence electrons. The molecule has 29 heavy (non-hydrogen) atoms. The Morgan fingerprint density at radius 3 is 2.41 bits per heavy atom. The molecule has 1 atom stereocenters. The molecule has 1 heterocycles. The summed E-state index contributed by atoms with van der Waals surface area (Å²) in [7, 11) is 1.80. The third-order valence-electron chi connectivity index (χ3n) is 5.53. The van der Waals surface area contributed by atoms with Crippen LogP contribution in [0.15, 0.2) is 29.3 Å². The van der Waals surface area contributed by atoms with Crippen molar-refractivity contribution in [3.63, 3.8) is 0 Å². The van der Waals surface area contributed by atoms with E-state index >= 15 is 0 Å². The van der Waals surface area contributed by atoms with Crippen molar-refractivity contribution in [2.24, 2.45) is 4.99 Å². The van der Waals surface area contributed by atoms with Crippen LogP contribution in [0.1, 0.15) is 68.3 Å². The summed E-state index contributed by atoms with van der Waals surface area (Å²) >= 11 is 0. The van der Waals surface area contributed by atoms with Crippen molar-refractivity contribution in [2.75, 3.05) is 33.2 Å². The fourth-order valence-electron chi connectivity index (χ4n) is 3.46. The van der Waals surface area contributed by atoms with Crippen LogP contribution >= 0.6 is 0 Å². The SMILES string of the molecule is CCC(C)NC(=O)c1ccc(CNC(=NC)NCCCN2CCCCCC2)cc1. The van der Waals surface area contributed by atoms with Gasteiger partial charge < -0.3 is 20.9 Å². The fourth-order valence-corrected chi connectivity index (χ4v) is 3.46. The molecule has 0 spiro atoms. The number of carbonyl (C=O) groups excluding carboxylic acids is 1. The third-order valence-corrected chi connectivity index (χ3v) is 5.53. The van der Waals surface area contributed by atoms with Crippen molar-refractivity contribution in [1.29, 1.82) is 0 Å². The van der Waals surface area contributed by atoms with Crippen LogP contribution in [-0.2, 0) is 6.54 Å². The maximum Gasteiger partial charge on any atom is 0.251 e. The lowest BCUT2D eigenvalue weighted by molar-refractivity contribution is 0.0939. The monoisotopic (exact) mass is 401 g/mol. The van der Waals surface area contributed by atoms with Gasteiger partial charge in [-0.3, -0.25) is 9.79 Å². The predicted octanol–water partition coefficient (Wildman–Crippen LogP) is 3.15. The topological polar surface area (TPSA) is 68.8 Å². The van der Waals surface area contributed by atoms with Crippen LogP contribution in [0.4, 0.5) is 0 Å². The number of nitrogens with one attached hydrogen (secondary N) is 3. The van der Waals surface area contributed by atoms with E-state index in [1.807, 2.05) is 31.2 Å². The molecule has 1 amide bonds. The van der Waals surface area contributed by atoms with Crippen molar-refractivity contribution in [3.05, 3.63) is 35.4 Å². The molecule has 1 saturated heterocycles. The zero-order valence-electron chi connectivity index (χ0n) is 18.5. The summed E-state index contributed by atoms with van der Waals surface area (Å²) in [6.45, 7) is 9.34. The smallest absolute Gasteiger partial charge is 0.251 e. The average Bonchev–Trinajstić information content (AvgIpc) is 3.02. The van der Waals surface area contributed by atoms with Crippen molar-refractivity contribution >= 4 is 11.9 Å². The number of likely N-dealkylation sites (tertiary alicyclic amines) is 1. The van der Waals surface area contributed by atoms with Gasteiger partial charge in [0.2, 0.25) is 0 Å². The zero-order valence-corrected chi connectivity index (χ0v) is 18.5. The van der Waals surface area contributed by atoms with E-state index in [2.05, 4.69) is 32.8 Å². The van der Waals surface area contributed by atoms with E-state index in [0.29, 0.717) is 12.1 Å². The highest BCUT2D eigenvalue weighted by Gasteiger charge is 2.09. The lowest BCUT2D eigenvalue weighted by Gasteiger charge is -2.20. The van der Waals surface area contributed by atoms with Crippen molar-refractivity contribution < 1.29 is 4.79 Å². The molecule has 0 aliphatic carbocycles. The molecule has 3 N–H and O–H groups in total. The lowest BCUT2D eigenvalue weighted by atomic mass is 10.1. The number of guanidine groups is 1. The van der Waals surface area contributed by atoms with Gasteiger partial charge in [0.1, 0.15) is 0 Å². The van der Waals surface area contributed by atoms with Gasteiger partial charge in [0.25, 0.3) is 5.91 Å². The molecule has 0 bridgehead atoms. The van der Waals surface area contributed by atoms with Crippen molar-refractivity contribution in [1.82, 2.24) is 20.9 Å². The average molecular weight is 402 g/mol. The number of hydrogen-bond donors (Lipinski definition) is 3. The Morgan fingerprint density at radius 1 is 1.10 bits per heavy atom. The minimum absolute atomic E-state index is 0.0132. The third kappa shape index (κ3) is 8.86. The molecule has 1 aromatic rings. The summed E-state index contributed by atoms with van der Waals surface area (Å²) in [6.07, 6.45) is 7.51. The Balaban J connectivity index is 1.68. The second kappa shape index (κ2) is 13.2. The van der Waals surface area contributed by atoms with Gasteiger partial charge in [-0.05, 0) is 69.9 Å². The number of nitrogens with zero attached hydrogens (tertiary/aromatic N) is 2. The second-order valence-corrected chi connectivity index (χ2v) is 7.94. The Hall–Kier alpha value is -2.08. The number of hydrogen-bond acceptors (Lipinski definition) is 3. The van der Waals surface area contributed by atoms with Gasteiger partial charge in [-0.25, -0.2) is 0 Å². The van der Waals surface area contributed by atoms with Gasteiger partial charge in [0.05, 0.1) is 0 Å². The van der Waals surface area contributed by atoms with Crippen LogP contribution in [-0.4, -0.2) is 56.0 Å². The number of amides is 1. The van der Waals surface area contributed by atoms with Gasteiger partial charge in [-0.2, -0.15) is 0 Å². The van der Waals surface area contributed by atoms with E-state index < -0.39 is 0 Å². The van der Waals surface area contributed by atoms with Crippen molar-refractivity contribution in [3.8, 4) is 0 Å². The van der Waals surface area contributed by atoms with E-state index in [4.69, 9.17) is 0 Å². The molecule has 1 aliphatic rings. The molecule has 6 nitrogen and oxygen atoms in total. The first kappa shape index (κ1) is 23.2. The molecule has 0 aromatic heterocycles. The molecular formula is C23H39N5O. The number of carbonyl (C=O) groups is 1. The first-order valence-corrected chi connectivity index (χ1v) is 11.2. The van der Waals surface area contributed by atoms with Gasteiger partial charge in [0, 0.05) is 31.7 Å². The first-order valence-electron chi connectivity index (χ1n) is 11.2. The number of rotatable bonds is 9. The lowest BCUT2D eigenvalue weighted by Crippen LogP contribution is -2.38. The van der Waals surface area contributed by atoms with Crippen LogP contribution in [0.5, 0.6) is 0 Å². The minimum Gasteiger partial charge on any atom is -0.356 e. The molecule has 1 aromatic carbocycles. The standard InChI is InChI=1S/C23H39N5O/c1-4-19(2)27-22(29)21-12-10-20(11-13-21)18-26-23(24-3)25-14-9-17-28-15-7-5-6-8-16-28/h10-13,19H,4-9,14-18H2,1-3H3,(H,27,29)(H2,24,25,26). The van der Waals surface area contributed by atoms with E-state index in [9.17, 15) is 4.79 Å². The van der Waals surface area contributed by atoms with Crippen LogP contribution in [0.2, 0.25) is 0 Å². The van der Waals surface area contributed by atoms with E-state index in [1.165, 1.54) is 38.8 Å². The molecule has 2 rings (SSSR count). The number of aliphatic imine (C=N–C) groups is 1. The highest BCUT2D eigenvalue weighted by Crippen LogP contribution is 2.09.